The fourth-order valence-electron chi connectivity index (χ4n) is 2.66. The van der Waals surface area contributed by atoms with Gasteiger partial charge in [-0.3, -0.25) is 0 Å². The van der Waals surface area contributed by atoms with E-state index < -0.39 is 0 Å². The molecule has 3 unspecified atom stereocenters. The second kappa shape index (κ2) is 6.40. The summed E-state index contributed by atoms with van der Waals surface area (Å²) in [7, 11) is 1.73. The lowest BCUT2D eigenvalue weighted by atomic mass is 10.0. The van der Waals surface area contributed by atoms with E-state index >= 15 is 0 Å². The zero-order chi connectivity index (χ0) is 13.8. The number of rotatable bonds is 5. The smallest absolute Gasteiger partial charge is 0.123 e. The minimum atomic E-state index is 0.295. The van der Waals surface area contributed by atoms with E-state index in [0.29, 0.717) is 18.1 Å². The van der Waals surface area contributed by atoms with Gasteiger partial charge >= 0.3 is 0 Å². The van der Waals surface area contributed by atoms with E-state index in [1.807, 2.05) is 0 Å². The molecule has 1 N–H and O–H groups in total. The molecule has 0 bridgehead atoms. The molecule has 1 aliphatic heterocycles. The molecule has 0 amide bonds. The van der Waals surface area contributed by atoms with E-state index in [-0.39, 0.29) is 0 Å². The lowest BCUT2D eigenvalue weighted by molar-refractivity contribution is 0.105. The number of methoxy groups -OCH3 is 1. The summed E-state index contributed by atoms with van der Waals surface area (Å²) in [6.07, 6.45) is 1.53. The summed E-state index contributed by atoms with van der Waals surface area (Å²) in [5.41, 5.74) is 2.45. The molecule has 1 aliphatic rings. The van der Waals surface area contributed by atoms with Crippen LogP contribution in [0.3, 0.4) is 0 Å². The summed E-state index contributed by atoms with van der Waals surface area (Å²) in [6, 6.07) is 6.68. The van der Waals surface area contributed by atoms with Gasteiger partial charge in [-0.2, -0.15) is 0 Å². The molecule has 106 valence electrons. The maximum absolute atomic E-state index is 5.60. The van der Waals surface area contributed by atoms with Gasteiger partial charge in [0.15, 0.2) is 0 Å². The van der Waals surface area contributed by atoms with Crippen LogP contribution in [0.2, 0.25) is 0 Å². The maximum atomic E-state index is 5.60. The van der Waals surface area contributed by atoms with Gasteiger partial charge in [0.25, 0.3) is 0 Å². The van der Waals surface area contributed by atoms with Crippen molar-refractivity contribution < 1.29 is 9.47 Å². The van der Waals surface area contributed by atoms with Crippen molar-refractivity contribution in [3.8, 4) is 5.75 Å². The van der Waals surface area contributed by atoms with Crippen molar-refractivity contribution in [3.63, 3.8) is 0 Å². The molecular weight excluding hydrogens is 238 g/mol. The van der Waals surface area contributed by atoms with Crippen LogP contribution in [0.25, 0.3) is 0 Å². The van der Waals surface area contributed by atoms with Crippen molar-refractivity contribution in [2.24, 2.45) is 5.92 Å². The zero-order valence-electron chi connectivity index (χ0n) is 12.4. The van der Waals surface area contributed by atoms with Crippen molar-refractivity contribution >= 4 is 0 Å². The van der Waals surface area contributed by atoms with Gasteiger partial charge in [0.2, 0.25) is 0 Å². The van der Waals surface area contributed by atoms with E-state index in [0.717, 1.165) is 25.3 Å². The second-order valence-corrected chi connectivity index (χ2v) is 5.50. The molecule has 3 nitrogen and oxygen atoms in total. The lowest BCUT2D eigenvalue weighted by Gasteiger charge is -2.21. The van der Waals surface area contributed by atoms with Gasteiger partial charge in [0.1, 0.15) is 5.75 Å². The van der Waals surface area contributed by atoms with E-state index in [4.69, 9.17) is 9.47 Å². The highest BCUT2D eigenvalue weighted by molar-refractivity contribution is 5.39. The fourth-order valence-corrected chi connectivity index (χ4v) is 2.66. The van der Waals surface area contributed by atoms with Gasteiger partial charge in [0, 0.05) is 24.8 Å². The molecule has 3 heteroatoms. The van der Waals surface area contributed by atoms with Crippen molar-refractivity contribution in [1.29, 1.82) is 0 Å². The van der Waals surface area contributed by atoms with Crippen LogP contribution in [0.5, 0.6) is 5.75 Å². The average molecular weight is 263 g/mol. The van der Waals surface area contributed by atoms with Crippen LogP contribution in [0.1, 0.15) is 37.4 Å². The molecule has 0 saturated carbocycles. The highest BCUT2D eigenvalue weighted by Crippen LogP contribution is 2.27. The van der Waals surface area contributed by atoms with Crippen molar-refractivity contribution in [1.82, 2.24) is 5.32 Å². The number of benzene rings is 1. The first-order valence-electron chi connectivity index (χ1n) is 7.11. The summed E-state index contributed by atoms with van der Waals surface area (Å²) < 4.78 is 11.1. The highest BCUT2D eigenvalue weighted by atomic mass is 16.5. The number of ether oxygens (including phenoxy) is 2. The molecule has 1 aromatic carbocycles. The normalized spacial score (nSPS) is 24.4. The van der Waals surface area contributed by atoms with E-state index in [1.54, 1.807) is 7.11 Å². The summed E-state index contributed by atoms with van der Waals surface area (Å²) in [4.78, 5) is 0. The standard InChI is InChI=1S/C16H25NO2/c1-11-5-6-15(16(9-11)18-4)12(2)17-10-14-7-8-19-13(14)3/h5-6,9,12-14,17H,7-8,10H2,1-4H3. The minimum absolute atomic E-state index is 0.295. The lowest BCUT2D eigenvalue weighted by Crippen LogP contribution is -2.29. The summed E-state index contributed by atoms with van der Waals surface area (Å²) in [6.45, 7) is 8.33. The molecule has 3 atom stereocenters. The Morgan fingerprint density at radius 3 is 2.89 bits per heavy atom. The van der Waals surface area contributed by atoms with Crippen LogP contribution < -0.4 is 10.1 Å². The van der Waals surface area contributed by atoms with Gasteiger partial charge in [-0.25, -0.2) is 0 Å². The second-order valence-electron chi connectivity index (χ2n) is 5.50. The van der Waals surface area contributed by atoms with E-state index in [9.17, 15) is 0 Å². The summed E-state index contributed by atoms with van der Waals surface area (Å²) in [5, 5.41) is 3.61. The molecule has 1 saturated heterocycles. The first kappa shape index (κ1) is 14.4. The predicted molar refractivity (Wildman–Crippen MR) is 77.7 cm³/mol. The van der Waals surface area contributed by atoms with Crippen LogP contribution in [0, 0.1) is 12.8 Å². The maximum Gasteiger partial charge on any atom is 0.123 e. The Morgan fingerprint density at radius 1 is 1.47 bits per heavy atom. The highest BCUT2D eigenvalue weighted by Gasteiger charge is 2.24. The Labute approximate surface area is 116 Å². The van der Waals surface area contributed by atoms with Gasteiger partial charge in [-0.15, -0.1) is 0 Å². The topological polar surface area (TPSA) is 30.5 Å². The largest absolute Gasteiger partial charge is 0.496 e. The fraction of sp³-hybridized carbons (Fsp3) is 0.625. The van der Waals surface area contributed by atoms with Crippen LogP contribution in [0.15, 0.2) is 18.2 Å². The van der Waals surface area contributed by atoms with Gasteiger partial charge in [-0.05, 0) is 44.7 Å². The minimum Gasteiger partial charge on any atom is -0.496 e. The van der Waals surface area contributed by atoms with Gasteiger partial charge < -0.3 is 14.8 Å². The van der Waals surface area contributed by atoms with Crippen molar-refractivity contribution in [3.05, 3.63) is 29.3 Å². The average Bonchev–Trinajstić information content (AvgIpc) is 2.81. The van der Waals surface area contributed by atoms with Crippen LogP contribution >= 0.6 is 0 Å². The summed E-state index contributed by atoms with van der Waals surface area (Å²) in [5.74, 6) is 1.59. The Bertz CT molecular complexity index is 419. The molecule has 1 aromatic rings. The van der Waals surface area contributed by atoms with Gasteiger partial charge in [0.05, 0.1) is 13.2 Å². The van der Waals surface area contributed by atoms with Crippen LogP contribution in [-0.4, -0.2) is 26.4 Å². The zero-order valence-corrected chi connectivity index (χ0v) is 12.4. The molecule has 1 fully saturated rings. The Kier molecular flexibility index (Phi) is 4.83. The third-order valence-corrected chi connectivity index (χ3v) is 4.07. The van der Waals surface area contributed by atoms with E-state index in [1.165, 1.54) is 11.1 Å². The molecule has 1 heterocycles. The first-order valence-corrected chi connectivity index (χ1v) is 7.11. The number of hydrogen-bond donors (Lipinski definition) is 1. The molecule has 19 heavy (non-hydrogen) atoms. The Balaban J connectivity index is 1.97. The molecule has 0 spiro atoms. The van der Waals surface area contributed by atoms with E-state index in [2.05, 4.69) is 44.3 Å². The quantitative estimate of drug-likeness (QED) is 0.885. The van der Waals surface area contributed by atoms with Crippen LogP contribution in [0.4, 0.5) is 0 Å². The molecule has 0 aromatic heterocycles. The Morgan fingerprint density at radius 2 is 2.26 bits per heavy atom. The third-order valence-electron chi connectivity index (χ3n) is 4.07. The van der Waals surface area contributed by atoms with Crippen molar-refractivity contribution in [2.75, 3.05) is 20.3 Å². The van der Waals surface area contributed by atoms with Crippen molar-refractivity contribution in [2.45, 2.75) is 39.3 Å². The van der Waals surface area contributed by atoms with Crippen LogP contribution in [-0.2, 0) is 4.74 Å². The monoisotopic (exact) mass is 263 g/mol. The molecule has 2 rings (SSSR count). The first-order chi connectivity index (χ1) is 9.11. The summed E-state index contributed by atoms with van der Waals surface area (Å²) >= 11 is 0. The molecule has 0 aliphatic carbocycles. The number of aryl methyl sites for hydroxylation is 1. The number of nitrogens with one attached hydrogen (secondary N) is 1. The third kappa shape index (κ3) is 3.48. The van der Waals surface area contributed by atoms with Gasteiger partial charge in [-0.1, -0.05) is 12.1 Å². The Hall–Kier alpha value is -1.06. The molecular formula is C16H25NO2. The molecule has 0 radical (unpaired) electrons. The number of hydrogen-bond acceptors (Lipinski definition) is 3. The SMILES string of the molecule is COc1cc(C)ccc1C(C)NCC1CCOC1C. The predicted octanol–water partition coefficient (Wildman–Crippen LogP) is 3.08.